The second kappa shape index (κ2) is 8.32. The summed E-state index contributed by atoms with van der Waals surface area (Å²) in [6.45, 7) is 8.88. The summed E-state index contributed by atoms with van der Waals surface area (Å²) in [5.41, 5.74) is 1.25. The normalized spacial score (nSPS) is 24.9. The minimum absolute atomic E-state index is 0.121. The van der Waals surface area contributed by atoms with Crippen LogP contribution in [0.1, 0.15) is 63.0 Å². The molecule has 1 unspecified atom stereocenters. The van der Waals surface area contributed by atoms with Crippen molar-refractivity contribution in [2.75, 3.05) is 19.8 Å². The predicted octanol–water partition coefficient (Wildman–Crippen LogP) is 3.08. The summed E-state index contributed by atoms with van der Waals surface area (Å²) < 4.78 is 7.63. The van der Waals surface area contributed by atoms with E-state index in [1.54, 1.807) is 12.1 Å². The molecule has 2 fully saturated rings. The zero-order chi connectivity index (χ0) is 20.5. The molecule has 3 heterocycles. The molecular weight excluding hydrogens is 368 g/mol. The quantitative estimate of drug-likeness (QED) is 0.779. The largest absolute Gasteiger partial charge is 0.508 e. The van der Waals surface area contributed by atoms with E-state index in [9.17, 15) is 9.90 Å². The lowest BCUT2D eigenvalue weighted by atomic mass is 9.89. The maximum Gasteiger partial charge on any atom is 0.272 e. The number of rotatable bonds is 6. The van der Waals surface area contributed by atoms with E-state index in [4.69, 9.17) is 4.74 Å². The highest BCUT2D eigenvalue weighted by Gasteiger charge is 2.39. The SMILES string of the molecule is CCCCN1[C@@H]2COC[C@H]1CC(NC(=O)c1nn(C(C)C)c3ccc(O)cc13)C2. The van der Waals surface area contributed by atoms with Gasteiger partial charge in [0.15, 0.2) is 5.69 Å². The molecule has 2 aliphatic rings. The van der Waals surface area contributed by atoms with Gasteiger partial charge in [-0.2, -0.15) is 5.10 Å². The minimum atomic E-state index is -0.161. The van der Waals surface area contributed by atoms with Crippen molar-refractivity contribution < 1.29 is 14.6 Å². The zero-order valence-corrected chi connectivity index (χ0v) is 17.6. The van der Waals surface area contributed by atoms with Crippen LogP contribution in [0.3, 0.4) is 0 Å². The van der Waals surface area contributed by atoms with Crippen molar-refractivity contribution >= 4 is 16.8 Å². The minimum Gasteiger partial charge on any atom is -0.508 e. The molecule has 1 aromatic heterocycles. The topological polar surface area (TPSA) is 79.6 Å². The number of aromatic hydroxyl groups is 1. The fraction of sp³-hybridized carbons (Fsp3) is 0.636. The van der Waals surface area contributed by atoms with Gasteiger partial charge in [0.1, 0.15) is 5.75 Å². The standard InChI is InChI=1S/C22H32N4O3/c1-4-5-8-25-16-9-15(10-17(25)13-29-12-16)23-22(28)21-19-11-18(27)6-7-20(19)26(24-21)14(2)3/h6-7,11,14-17,27H,4-5,8-10,12-13H2,1-3H3,(H,23,28)/t15?,16-,17+. The molecule has 7 heteroatoms. The summed E-state index contributed by atoms with van der Waals surface area (Å²) in [5, 5.41) is 18.4. The van der Waals surface area contributed by atoms with Gasteiger partial charge in [0, 0.05) is 29.6 Å². The number of benzene rings is 1. The second-order valence-electron chi connectivity index (χ2n) is 8.67. The van der Waals surface area contributed by atoms with Crippen LogP contribution in [0, 0.1) is 0 Å². The van der Waals surface area contributed by atoms with Gasteiger partial charge in [0.05, 0.1) is 18.7 Å². The molecule has 4 rings (SSSR count). The number of nitrogens with one attached hydrogen (secondary N) is 1. The first kappa shape index (κ1) is 20.2. The Morgan fingerprint density at radius 3 is 2.69 bits per heavy atom. The zero-order valence-electron chi connectivity index (χ0n) is 17.6. The Hall–Kier alpha value is -2.12. The van der Waals surface area contributed by atoms with Crippen LogP contribution in [0.5, 0.6) is 5.75 Å². The van der Waals surface area contributed by atoms with Gasteiger partial charge < -0.3 is 15.2 Å². The highest BCUT2D eigenvalue weighted by atomic mass is 16.5. The number of morpholine rings is 1. The van der Waals surface area contributed by atoms with Gasteiger partial charge in [-0.05, 0) is 57.9 Å². The van der Waals surface area contributed by atoms with Crippen molar-refractivity contribution in [1.29, 1.82) is 0 Å². The summed E-state index contributed by atoms with van der Waals surface area (Å²) in [5.74, 6) is -0.0169. The number of hydrogen-bond donors (Lipinski definition) is 2. The summed E-state index contributed by atoms with van der Waals surface area (Å²) in [6, 6.07) is 6.08. The van der Waals surface area contributed by atoms with Crippen molar-refractivity contribution in [1.82, 2.24) is 20.0 Å². The third kappa shape index (κ3) is 3.98. The smallest absolute Gasteiger partial charge is 0.272 e. The maximum atomic E-state index is 13.1. The summed E-state index contributed by atoms with van der Waals surface area (Å²) in [6.07, 6.45) is 4.20. The number of phenolic OH excluding ortho intramolecular Hbond substituents is 1. The van der Waals surface area contributed by atoms with Crippen molar-refractivity contribution in [3.8, 4) is 5.75 Å². The lowest BCUT2D eigenvalue weighted by Crippen LogP contribution is -2.60. The molecule has 0 aliphatic carbocycles. The first-order chi connectivity index (χ1) is 14.0. The molecule has 2 bridgehead atoms. The Morgan fingerprint density at radius 2 is 2.03 bits per heavy atom. The average Bonchev–Trinajstić information content (AvgIpc) is 3.05. The van der Waals surface area contributed by atoms with E-state index in [1.165, 1.54) is 12.8 Å². The van der Waals surface area contributed by atoms with E-state index in [2.05, 4.69) is 22.2 Å². The van der Waals surface area contributed by atoms with Crippen molar-refractivity contribution in [2.24, 2.45) is 0 Å². The van der Waals surface area contributed by atoms with Crippen molar-refractivity contribution in [3.63, 3.8) is 0 Å². The number of carbonyl (C=O) groups excluding carboxylic acids is 1. The molecule has 1 aromatic carbocycles. The van der Waals surface area contributed by atoms with E-state index >= 15 is 0 Å². The number of nitrogens with zero attached hydrogens (tertiary/aromatic N) is 3. The van der Waals surface area contributed by atoms with Crippen molar-refractivity contribution in [3.05, 3.63) is 23.9 Å². The molecule has 2 aliphatic heterocycles. The van der Waals surface area contributed by atoms with Gasteiger partial charge in [0.25, 0.3) is 5.91 Å². The van der Waals surface area contributed by atoms with Crippen LogP contribution in [0.25, 0.3) is 10.9 Å². The van der Waals surface area contributed by atoms with Crippen LogP contribution in [0.2, 0.25) is 0 Å². The van der Waals surface area contributed by atoms with Crippen LogP contribution in [-0.4, -0.2) is 63.6 Å². The third-order valence-electron chi connectivity index (χ3n) is 6.17. The Balaban J connectivity index is 1.52. The number of fused-ring (bicyclic) bond motifs is 3. The Labute approximate surface area is 172 Å². The molecule has 0 radical (unpaired) electrons. The number of piperidine rings is 1. The number of aromatic nitrogens is 2. The van der Waals surface area contributed by atoms with Crippen LogP contribution in [0.4, 0.5) is 0 Å². The lowest BCUT2D eigenvalue weighted by Gasteiger charge is -2.48. The fourth-order valence-corrected chi connectivity index (χ4v) is 4.76. The average molecular weight is 401 g/mol. The predicted molar refractivity (Wildman–Crippen MR) is 112 cm³/mol. The number of ether oxygens (including phenoxy) is 1. The first-order valence-corrected chi connectivity index (χ1v) is 10.8. The molecule has 0 saturated carbocycles. The summed E-state index contributed by atoms with van der Waals surface area (Å²) in [7, 11) is 0. The van der Waals surface area contributed by atoms with E-state index in [0.29, 0.717) is 23.2 Å². The van der Waals surface area contributed by atoms with Crippen LogP contribution < -0.4 is 5.32 Å². The van der Waals surface area contributed by atoms with Gasteiger partial charge in [0.2, 0.25) is 0 Å². The van der Waals surface area contributed by atoms with Gasteiger partial charge in [-0.25, -0.2) is 0 Å². The Morgan fingerprint density at radius 1 is 1.31 bits per heavy atom. The highest BCUT2D eigenvalue weighted by molar-refractivity contribution is 6.05. The van der Waals surface area contributed by atoms with E-state index in [0.717, 1.165) is 38.1 Å². The number of hydrogen-bond acceptors (Lipinski definition) is 5. The molecule has 7 nitrogen and oxygen atoms in total. The lowest BCUT2D eigenvalue weighted by molar-refractivity contribution is -0.0802. The Bertz CT molecular complexity index is 864. The third-order valence-corrected chi connectivity index (χ3v) is 6.17. The van der Waals surface area contributed by atoms with Gasteiger partial charge in [-0.15, -0.1) is 0 Å². The summed E-state index contributed by atoms with van der Waals surface area (Å²) in [4.78, 5) is 15.7. The number of carbonyl (C=O) groups is 1. The van der Waals surface area contributed by atoms with Gasteiger partial charge >= 0.3 is 0 Å². The van der Waals surface area contributed by atoms with Crippen LogP contribution >= 0.6 is 0 Å². The molecule has 2 N–H and O–H groups in total. The molecular formula is C22H32N4O3. The van der Waals surface area contributed by atoms with Gasteiger partial charge in [-0.1, -0.05) is 13.3 Å². The number of amides is 1. The van der Waals surface area contributed by atoms with E-state index < -0.39 is 0 Å². The molecule has 2 saturated heterocycles. The van der Waals surface area contributed by atoms with E-state index in [1.807, 2.05) is 24.6 Å². The van der Waals surface area contributed by atoms with Crippen LogP contribution in [-0.2, 0) is 4.74 Å². The summed E-state index contributed by atoms with van der Waals surface area (Å²) >= 11 is 0. The van der Waals surface area contributed by atoms with Crippen molar-refractivity contribution in [2.45, 2.75) is 70.6 Å². The monoisotopic (exact) mass is 400 g/mol. The molecule has 0 spiro atoms. The van der Waals surface area contributed by atoms with E-state index in [-0.39, 0.29) is 23.7 Å². The molecule has 1 amide bonds. The molecule has 2 aromatic rings. The number of phenols is 1. The molecule has 3 atom stereocenters. The molecule has 158 valence electrons. The highest BCUT2D eigenvalue weighted by Crippen LogP contribution is 2.29. The van der Waals surface area contributed by atoms with Crippen LogP contribution in [0.15, 0.2) is 18.2 Å². The maximum absolute atomic E-state index is 13.1. The second-order valence-corrected chi connectivity index (χ2v) is 8.67. The van der Waals surface area contributed by atoms with Gasteiger partial charge in [-0.3, -0.25) is 14.4 Å². The fourth-order valence-electron chi connectivity index (χ4n) is 4.76. The number of unbranched alkanes of at least 4 members (excludes halogenated alkanes) is 1. The Kier molecular flexibility index (Phi) is 5.79. The first-order valence-electron chi connectivity index (χ1n) is 10.8. The molecule has 29 heavy (non-hydrogen) atoms.